The molecule has 1 aromatic rings. The van der Waals surface area contributed by atoms with E-state index in [-0.39, 0.29) is 0 Å². The van der Waals surface area contributed by atoms with Gasteiger partial charge >= 0.3 is 0 Å². The number of nitrogen functional groups attached to an aromatic ring is 1. The van der Waals surface area contributed by atoms with Crippen molar-refractivity contribution in [3.63, 3.8) is 0 Å². The van der Waals surface area contributed by atoms with Gasteiger partial charge in [0.25, 0.3) is 0 Å². The van der Waals surface area contributed by atoms with Crippen LogP contribution in [0.15, 0.2) is 18.3 Å². The van der Waals surface area contributed by atoms with Crippen molar-refractivity contribution in [2.45, 2.75) is 12.8 Å². The topological polar surface area (TPSA) is 45.4 Å². The van der Waals surface area contributed by atoms with Gasteiger partial charge < -0.3 is 10.6 Å². The van der Waals surface area contributed by atoms with Gasteiger partial charge in [-0.3, -0.25) is 4.90 Å². The minimum Gasteiger partial charge on any atom is -0.397 e. The third-order valence-corrected chi connectivity index (χ3v) is 3.68. The zero-order chi connectivity index (χ0) is 11.7. The molecule has 2 fully saturated rings. The minimum absolute atomic E-state index is 0.737. The number of piperazine rings is 1. The van der Waals surface area contributed by atoms with Crippen LogP contribution in [0.4, 0.5) is 11.5 Å². The maximum Gasteiger partial charge on any atom is 0.128 e. The number of rotatable bonds is 3. The van der Waals surface area contributed by atoms with Gasteiger partial charge in [0, 0.05) is 32.7 Å². The third-order valence-electron chi connectivity index (χ3n) is 3.68. The molecule has 1 saturated heterocycles. The summed E-state index contributed by atoms with van der Waals surface area (Å²) in [6, 6.07) is 3.95. The fourth-order valence-electron chi connectivity index (χ4n) is 2.41. The smallest absolute Gasteiger partial charge is 0.128 e. The molecule has 0 aromatic carbocycles. The predicted octanol–water partition coefficient (Wildman–Crippen LogP) is 1.20. The van der Waals surface area contributed by atoms with E-state index in [0.29, 0.717) is 0 Å². The highest BCUT2D eigenvalue weighted by atomic mass is 15.3. The molecule has 17 heavy (non-hydrogen) atoms. The van der Waals surface area contributed by atoms with Gasteiger partial charge in [0.05, 0.1) is 11.9 Å². The van der Waals surface area contributed by atoms with Gasteiger partial charge in [-0.1, -0.05) is 0 Å². The summed E-state index contributed by atoms with van der Waals surface area (Å²) in [5.41, 5.74) is 6.39. The monoisotopic (exact) mass is 232 g/mol. The Kier molecular flexibility index (Phi) is 2.89. The van der Waals surface area contributed by atoms with Crippen LogP contribution in [0, 0.1) is 5.92 Å². The number of hydrogen-bond donors (Lipinski definition) is 1. The van der Waals surface area contributed by atoms with Crippen LogP contribution in [-0.4, -0.2) is 42.6 Å². The SMILES string of the molecule is Nc1ccc(N2CCN(CC3CC3)CC2)nc1. The molecule has 1 aromatic heterocycles. The Morgan fingerprint density at radius 3 is 2.53 bits per heavy atom. The lowest BCUT2D eigenvalue weighted by atomic mass is 10.2. The molecular weight excluding hydrogens is 212 g/mol. The molecule has 4 nitrogen and oxygen atoms in total. The van der Waals surface area contributed by atoms with Gasteiger partial charge in [-0.15, -0.1) is 0 Å². The molecule has 92 valence electrons. The number of hydrogen-bond acceptors (Lipinski definition) is 4. The average Bonchev–Trinajstić information content (AvgIpc) is 3.15. The highest BCUT2D eigenvalue weighted by molar-refractivity contribution is 5.46. The van der Waals surface area contributed by atoms with Crippen molar-refractivity contribution < 1.29 is 0 Å². The summed E-state index contributed by atoms with van der Waals surface area (Å²) in [5.74, 6) is 2.06. The first-order valence-electron chi connectivity index (χ1n) is 6.50. The first-order valence-corrected chi connectivity index (χ1v) is 6.50. The van der Waals surface area contributed by atoms with E-state index in [4.69, 9.17) is 5.73 Å². The second-order valence-corrected chi connectivity index (χ2v) is 5.18. The summed E-state index contributed by atoms with van der Waals surface area (Å²) in [7, 11) is 0. The van der Waals surface area contributed by atoms with E-state index in [0.717, 1.165) is 30.5 Å². The minimum atomic E-state index is 0.737. The lowest BCUT2D eigenvalue weighted by molar-refractivity contribution is 0.247. The molecule has 0 atom stereocenters. The molecule has 2 N–H and O–H groups in total. The molecule has 0 unspecified atom stereocenters. The third kappa shape index (κ3) is 2.69. The van der Waals surface area contributed by atoms with Crippen LogP contribution in [0.25, 0.3) is 0 Å². The standard InChI is InChI=1S/C13H20N4/c14-12-3-4-13(15-9-12)17-7-5-16(6-8-17)10-11-1-2-11/h3-4,9,11H,1-2,5-8,10,14H2. The molecule has 1 aliphatic carbocycles. The molecule has 0 radical (unpaired) electrons. The van der Waals surface area contributed by atoms with E-state index < -0.39 is 0 Å². The van der Waals surface area contributed by atoms with Gasteiger partial charge in [0.2, 0.25) is 0 Å². The Labute approximate surface area is 102 Å². The van der Waals surface area contributed by atoms with E-state index >= 15 is 0 Å². The van der Waals surface area contributed by atoms with Gasteiger partial charge in [-0.05, 0) is 30.9 Å². The largest absolute Gasteiger partial charge is 0.397 e. The van der Waals surface area contributed by atoms with Crippen molar-refractivity contribution in [2.24, 2.45) is 5.92 Å². The lowest BCUT2D eigenvalue weighted by Crippen LogP contribution is -2.47. The Hall–Kier alpha value is -1.29. The second-order valence-electron chi connectivity index (χ2n) is 5.18. The molecule has 4 heteroatoms. The van der Waals surface area contributed by atoms with Gasteiger partial charge in [-0.2, -0.15) is 0 Å². The molecule has 2 heterocycles. The Morgan fingerprint density at radius 2 is 1.94 bits per heavy atom. The van der Waals surface area contributed by atoms with E-state index in [2.05, 4.69) is 14.8 Å². The summed E-state index contributed by atoms with van der Waals surface area (Å²) in [6.45, 7) is 5.82. The zero-order valence-corrected chi connectivity index (χ0v) is 10.2. The lowest BCUT2D eigenvalue weighted by Gasteiger charge is -2.35. The van der Waals surface area contributed by atoms with Crippen LogP contribution in [0.2, 0.25) is 0 Å². The van der Waals surface area contributed by atoms with Crippen molar-refractivity contribution >= 4 is 11.5 Å². The van der Waals surface area contributed by atoms with Crippen molar-refractivity contribution in [3.8, 4) is 0 Å². The van der Waals surface area contributed by atoms with Crippen LogP contribution >= 0.6 is 0 Å². The molecule has 0 spiro atoms. The van der Waals surface area contributed by atoms with Crippen LogP contribution in [0.5, 0.6) is 0 Å². The maximum atomic E-state index is 5.65. The summed E-state index contributed by atoms with van der Waals surface area (Å²) >= 11 is 0. The number of anilines is 2. The average molecular weight is 232 g/mol. The molecule has 0 bridgehead atoms. The van der Waals surface area contributed by atoms with Gasteiger partial charge in [0.15, 0.2) is 0 Å². The molecular formula is C13H20N4. The van der Waals surface area contributed by atoms with E-state index in [1.807, 2.05) is 12.1 Å². The van der Waals surface area contributed by atoms with E-state index in [1.165, 1.54) is 32.5 Å². The van der Waals surface area contributed by atoms with Crippen molar-refractivity contribution in [1.82, 2.24) is 9.88 Å². The molecule has 1 saturated carbocycles. The first kappa shape index (κ1) is 10.8. The number of pyridine rings is 1. The number of nitrogens with two attached hydrogens (primary N) is 1. The highest BCUT2D eigenvalue weighted by Gasteiger charge is 2.26. The van der Waals surface area contributed by atoms with Crippen LogP contribution in [-0.2, 0) is 0 Å². The van der Waals surface area contributed by atoms with Crippen molar-refractivity contribution in [3.05, 3.63) is 18.3 Å². The van der Waals surface area contributed by atoms with Crippen LogP contribution in [0.1, 0.15) is 12.8 Å². The summed E-state index contributed by atoms with van der Waals surface area (Å²) in [4.78, 5) is 9.32. The van der Waals surface area contributed by atoms with Crippen molar-refractivity contribution in [1.29, 1.82) is 0 Å². The highest BCUT2D eigenvalue weighted by Crippen LogP contribution is 2.30. The molecule has 1 aliphatic heterocycles. The van der Waals surface area contributed by atoms with Crippen LogP contribution in [0.3, 0.4) is 0 Å². The van der Waals surface area contributed by atoms with E-state index in [1.54, 1.807) is 6.20 Å². The van der Waals surface area contributed by atoms with Gasteiger partial charge in [0.1, 0.15) is 5.82 Å². The molecule has 2 aliphatic rings. The Balaban J connectivity index is 1.54. The fourth-order valence-corrected chi connectivity index (χ4v) is 2.41. The molecule has 0 amide bonds. The first-order chi connectivity index (χ1) is 8.31. The molecule has 3 rings (SSSR count). The summed E-state index contributed by atoms with van der Waals surface area (Å²) < 4.78 is 0. The van der Waals surface area contributed by atoms with Crippen molar-refractivity contribution in [2.75, 3.05) is 43.4 Å². The zero-order valence-electron chi connectivity index (χ0n) is 10.2. The number of nitrogens with zero attached hydrogens (tertiary/aromatic N) is 3. The second kappa shape index (κ2) is 4.53. The maximum absolute atomic E-state index is 5.65. The van der Waals surface area contributed by atoms with Crippen LogP contribution < -0.4 is 10.6 Å². The predicted molar refractivity (Wildman–Crippen MR) is 70.0 cm³/mol. The normalized spacial score (nSPS) is 21.8. The van der Waals surface area contributed by atoms with Gasteiger partial charge in [-0.25, -0.2) is 4.98 Å². The number of aromatic nitrogens is 1. The fraction of sp³-hybridized carbons (Fsp3) is 0.615. The van der Waals surface area contributed by atoms with E-state index in [9.17, 15) is 0 Å². The Morgan fingerprint density at radius 1 is 1.18 bits per heavy atom. The Bertz CT molecular complexity index is 364. The summed E-state index contributed by atoms with van der Waals surface area (Å²) in [6.07, 6.45) is 4.63. The quantitative estimate of drug-likeness (QED) is 0.850. The summed E-state index contributed by atoms with van der Waals surface area (Å²) in [5, 5.41) is 0.